The molecule has 46 heavy (non-hydrogen) atoms. The Kier molecular flexibility index (Phi) is 9.22. The number of likely N-dealkylation sites (N-methyl/N-ethyl adjacent to an activating group) is 1. The summed E-state index contributed by atoms with van der Waals surface area (Å²) >= 11 is 24.4. The summed E-state index contributed by atoms with van der Waals surface area (Å²) in [6, 6.07) is 19.2. The fraction of sp³-hybridized carbons (Fsp3) is 0.152. The highest BCUT2D eigenvalue weighted by atomic mass is 35.5. The van der Waals surface area contributed by atoms with Crippen molar-refractivity contribution in [3.05, 3.63) is 104 Å². The molecule has 2 aromatic heterocycles. The Morgan fingerprint density at radius 1 is 0.652 bits per heavy atom. The second-order valence-electron chi connectivity index (χ2n) is 10.5. The Labute approximate surface area is 282 Å². The predicted molar refractivity (Wildman–Crippen MR) is 177 cm³/mol. The van der Waals surface area contributed by atoms with E-state index in [4.69, 9.17) is 64.7 Å². The highest BCUT2D eigenvalue weighted by Crippen LogP contribution is 2.31. The van der Waals surface area contributed by atoms with E-state index < -0.39 is 18.0 Å². The van der Waals surface area contributed by atoms with Crippen molar-refractivity contribution in [3.63, 3.8) is 0 Å². The van der Waals surface area contributed by atoms with Crippen molar-refractivity contribution < 1.29 is 27.9 Å². The molecule has 234 valence electrons. The average Bonchev–Trinajstić information content (AvgIpc) is 3.63. The van der Waals surface area contributed by atoms with Gasteiger partial charge in [-0.1, -0.05) is 46.4 Å². The van der Waals surface area contributed by atoms with Crippen LogP contribution >= 0.6 is 46.4 Å². The molecule has 0 saturated carbocycles. The van der Waals surface area contributed by atoms with E-state index in [1.54, 1.807) is 91.8 Å². The van der Waals surface area contributed by atoms with Crippen LogP contribution in [0.4, 0.5) is 0 Å². The molecule has 0 bridgehead atoms. The molecule has 0 N–H and O–H groups in total. The third kappa shape index (κ3) is 7.14. The van der Waals surface area contributed by atoms with Crippen LogP contribution in [0.25, 0.3) is 45.1 Å². The number of esters is 2. The van der Waals surface area contributed by atoms with Crippen molar-refractivity contribution >= 4 is 80.5 Å². The van der Waals surface area contributed by atoms with E-state index >= 15 is 0 Å². The molecule has 0 spiro atoms. The van der Waals surface area contributed by atoms with E-state index in [2.05, 4.69) is 9.97 Å². The zero-order valence-corrected chi connectivity index (χ0v) is 27.2. The minimum atomic E-state index is -0.573. The number of nitrogens with zero attached hydrogens (tertiary/aromatic N) is 3. The molecule has 0 saturated heterocycles. The number of fused-ring (bicyclic) bond motifs is 2. The van der Waals surface area contributed by atoms with E-state index in [0.717, 1.165) is 0 Å². The molecule has 0 aliphatic rings. The van der Waals surface area contributed by atoms with Crippen LogP contribution < -0.4 is 0 Å². The van der Waals surface area contributed by atoms with Crippen molar-refractivity contribution in [2.75, 3.05) is 27.3 Å². The Hall–Kier alpha value is -4.12. The van der Waals surface area contributed by atoms with Crippen LogP contribution in [-0.4, -0.2) is 60.2 Å². The lowest BCUT2D eigenvalue weighted by molar-refractivity contribution is 0.0189. The molecule has 13 heteroatoms. The number of carbonyl (C=O) groups excluding carboxylic acids is 2. The number of ether oxygens (including phenoxy) is 2. The summed E-state index contributed by atoms with van der Waals surface area (Å²) in [6.45, 7) is -0.0704. The summed E-state index contributed by atoms with van der Waals surface area (Å²) < 4.78 is 22.9. The van der Waals surface area contributed by atoms with Gasteiger partial charge in [0.1, 0.15) is 24.2 Å². The Morgan fingerprint density at radius 3 is 1.41 bits per heavy atom. The first kappa shape index (κ1) is 31.8. The van der Waals surface area contributed by atoms with Gasteiger partial charge in [-0.15, -0.1) is 0 Å². The number of benzene rings is 4. The zero-order chi connectivity index (χ0) is 32.5. The average molecular weight is 699 g/mol. The van der Waals surface area contributed by atoms with E-state index in [0.29, 0.717) is 65.2 Å². The summed E-state index contributed by atoms with van der Waals surface area (Å²) in [4.78, 5) is 36.6. The van der Waals surface area contributed by atoms with Gasteiger partial charge in [0.2, 0.25) is 11.8 Å². The Morgan fingerprint density at radius 2 is 1.04 bits per heavy atom. The molecule has 2 heterocycles. The lowest BCUT2D eigenvalue weighted by Gasteiger charge is -2.23. The standard InChI is InChI=1S/C33H23Cl4N3O6/c1-40(2)25(15-43-32(41)17-3-5-26-28(11-17)45-30(38-26)19-7-21(34)13-22(35)8-19)16-44-33(42)18-4-6-27-29(12-18)46-31(39-27)20-9-23(36)14-24(37)10-20/h3-14,25H,15-16H2,1-2H3. The molecule has 0 radical (unpaired) electrons. The topological polar surface area (TPSA) is 108 Å². The number of aromatic nitrogens is 2. The molecular formula is C33H23Cl4N3O6. The van der Waals surface area contributed by atoms with E-state index in [9.17, 15) is 9.59 Å². The Balaban J connectivity index is 1.09. The summed E-state index contributed by atoms with van der Waals surface area (Å²) in [5.41, 5.74) is 3.65. The van der Waals surface area contributed by atoms with Crippen molar-refractivity contribution in [1.29, 1.82) is 0 Å². The number of oxazole rings is 2. The number of hydrogen-bond donors (Lipinski definition) is 0. The van der Waals surface area contributed by atoms with Gasteiger partial charge in [0.15, 0.2) is 11.2 Å². The van der Waals surface area contributed by atoms with Crippen LogP contribution in [0.3, 0.4) is 0 Å². The van der Waals surface area contributed by atoms with Crippen molar-refractivity contribution in [3.8, 4) is 22.9 Å². The molecule has 0 aliphatic carbocycles. The smallest absolute Gasteiger partial charge is 0.338 e. The van der Waals surface area contributed by atoms with Gasteiger partial charge in [-0.25, -0.2) is 19.6 Å². The van der Waals surface area contributed by atoms with Crippen LogP contribution in [0, 0.1) is 0 Å². The maximum atomic E-state index is 12.9. The molecule has 4 aromatic carbocycles. The van der Waals surface area contributed by atoms with Gasteiger partial charge in [-0.05, 0) is 86.9 Å². The molecule has 0 unspecified atom stereocenters. The van der Waals surface area contributed by atoms with Crippen molar-refractivity contribution in [2.45, 2.75) is 6.04 Å². The van der Waals surface area contributed by atoms with Crippen LogP contribution in [0.5, 0.6) is 0 Å². The molecule has 9 nitrogen and oxygen atoms in total. The summed E-state index contributed by atoms with van der Waals surface area (Å²) in [5.74, 6) is -0.519. The summed E-state index contributed by atoms with van der Waals surface area (Å²) in [7, 11) is 3.58. The van der Waals surface area contributed by atoms with E-state index in [-0.39, 0.29) is 24.3 Å². The van der Waals surface area contributed by atoms with Gasteiger partial charge < -0.3 is 23.2 Å². The number of halogens is 4. The minimum Gasteiger partial charge on any atom is -0.460 e. The van der Waals surface area contributed by atoms with Crippen molar-refractivity contribution in [2.24, 2.45) is 0 Å². The zero-order valence-electron chi connectivity index (χ0n) is 24.2. The minimum absolute atomic E-state index is 0.0352. The van der Waals surface area contributed by atoms with Gasteiger partial charge >= 0.3 is 11.9 Å². The van der Waals surface area contributed by atoms with Gasteiger partial charge in [0.25, 0.3) is 0 Å². The molecular weight excluding hydrogens is 676 g/mol. The first-order chi connectivity index (χ1) is 22.0. The van der Waals surface area contributed by atoms with E-state index in [1.807, 2.05) is 0 Å². The molecule has 6 aromatic rings. The fourth-order valence-electron chi connectivity index (χ4n) is 4.56. The van der Waals surface area contributed by atoms with Gasteiger partial charge in [0, 0.05) is 31.2 Å². The SMILES string of the molecule is CN(C)C(COC(=O)c1ccc2nc(-c3cc(Cl)cc(Cl)c3)oc2c1)COC(=O)c1ccc2nc(-c3cc(Cl)cc(Cl)c3)oc2c1. The second kappa shape index (κ2) is 13.3. The Bertz CT molecular complexity index is 1920. The van der Waals surface area contributed by atoms with Crippen LogP contribution in [-0.2, 0) is 9.47 Å². The van der Waals surface area contributed by atoms with Crippen molar-refractivity contribution in [1.82, 2.24) is 14.9 Å². The lowest BCUT2D eigenvalue weighted by atomic mass is 10.2. The monoisotopic (exact) mass is 697 g/mol. The van der Waals surface area contributed by atoms with Gasteiger partial charge in [-0.2, -0.15) is 0 Å². The third-order valence-electron chi connectivity index (χ3n) is 7.01. The molecule has 6 rings (SSSR count). The lowest BCUT2D eigenvalue weighted by Crippen LogP contribution is -2.38. The normalized spacial score (nSPS) is 11.6. The van der Waals surface area contributed by atoms with Gasteiger partial charge in [0.05, 0.1) is 17.2 Å². The first-order valence-electron chi connectivity index (χ1n) is 13.8. The molecule has 0 amide bonds. The second-order valence-corrected chi connectivity index (χ2v) is 12.3. The van der Waals surface area contributed by atoms with Gasteiger partial charge in [-0.3, -0.25) is 0 Å². The third-order valence-corrected chi connectivity index (χ3v) is 7.88. The molecule has 0 aliphatic heterocycles. The maximum absolute atomic E-state index is 12.9. The first-order valence-corrected chi connectivity index (χ1v) is 15.3. The summed E-state index contributed by atoms with van der Waals surface area (Å²) in [6.07, 6.45) is 0. The highest BCUT2D eigenvalue weighted by molar-refractivity contribution is 6.35. The van der Waals surface area contributed by atoms with Crippen LogP contribution in [0.1, 0.15) is 20.7 Å². The maximum Gasteiger partial charge on any atom is 0.338 e. The molecule has 0 fully saturated rings. The largest absolute Gasteiger partial charge is 0.460 e. The number of carbonyl (C=O) groups is 2. The van der Waals surface area contributed by atoms with E-state index in [1.165, 1.54) is 0 Å². The van der Waals surface area contributed by atoms with Crippen LogP contribution in [0.2, 0.25) is 20.1 Å². The number of rotatable bonds is 9. The predicted octanol–water partition coefficient (Wildman–Crippen LogP) is 8.86. The summed E-state index contributed by atoms with van der Waals surface area (Å²) in [5, 5.41) is 1.78. The number of hydrogen-bond acceptors (Lipinski definition) is 9. The quantitative estimate of drug-likeness (QED) is 0.137. The fourth-order valence-corrected chi connectivity index (χ4v) is 5.61. The van der Waals surface area contributed by atoms with Crippen LogP contribution in [0.15, 0.2) is 81.6 Å². The molecule has 0 atom stereocenters. The highest BCUT2D eigenvalue weighted by Gasteiger charge is 2.21.